The first kappa shape index (κ1) is 24.1. The van der Waals surface area contributed by atoms with Crippen molar-refractivity contribution in [1.29, 1.82) is 0 Å². The highest BCUT2D eigenvalue weighted by Crippen LogP contribution is 2.31. The van der Waals surface area contributed by atoms with Crippen molar-refractivity contribution in [3.05, 3.63) is 82.2 Å². The van der Waals surface area contributed by atoms with E-state index >= 15 is 0 Å². The molecule has 0 spiro atoms. The van der Waals surface area contributed by atoms with Gasteiger partial charge in [0.1, 0.15) is 5.76 Å². The zero-order valence-electron chi connectivity index (χ0n) is 19.2. The minimum atomic E-state index is -3.67. The monoisotopic (exact) mass is 498 g/mol. The molecule has 0 saturated carbocycles. The van der Waals surface area contributed by atoms with Gasteiger partial charge >= 0.3 is 0 Å². The topological polar surface area (TPSA) is 92.2 Å². The van der Waals surface area contributed by atoms with Crippen molar-refractivity contribution in [3.63, 3.8) is 0 Å². The van der Waals surface area contributed by atoms with E-state index in [0.29, 0.717) is 23.4 Å². The van der Waals surface area contributed by atoms with Crippen molar-refractivity contribution in [2.45, 2.75) is 39.5 Å². The Bertz CT molecular complexity index is 1420. The third-order valence-electron chi connectivity index (χ3n) is 5.87. The Morgan fingerprint density at radius 3 is 2.65 bits per heavy atom. The van der Waals surface area contributed by atoms with Crippen LogP contribution in [-0.2, 0) is 16.4 Å². The summed E-state index contributed by atoms with van der Waals surface area (Å²) in [7, 11) is -3.67. The Balaban J connectivity index is 1.59. The summed E-state index contributed by atoms with van der Waals surface area (Å²) in [5.41, 5.74) is 4.97. The number of benzene rings is 2. The zero-order valence-corrected chi connectivity index (χ0v) is 20.7. The van der Waals surface area contributed by atoms with Crippen LogP contribution < -0.4 is 4.72 Å². The molecular weight excluding hydrogens is 472 g/mol. The molecule has 4 aromatic rings. The van der Waals surface area contributed by atoms with E-state index in [1.807, 2.05) is 44.2 Å². The number of aryl methyl sites for hydroxylation is 1. The molecule has 0 atom stereocenters. The fourth-order valence-electron chi connectivity index (χ4n) is 4.02. The van der Waals surface area contributed by atoms with Gasteiger partial charge in [0, 0.05) is 39.2 Å². The zero-order chi connectivity index (χ0) is 24.3. The number of aromatic nitrogens is 1. The first-order valence-electron chi connectivity index (χ1n) is 11.3. The van der Waals surface area contributed by atoms with Crippen LogP contribution in [0.3, 0.4) is 0 Å². The fraction of sp³-hybridized carbons (Fsp3) is 0.269. The van der Waals surface area contributed by atoms with Gasteiger partial charge in [-0.2, -0.15) is 0 Å². The van der Waals surface area contributed by atoms with Crippen molar-refractivity contribution in [2.24, 2.45) is 0 Å². The Hall–Kier alpha value is -3.03. The van der Waals surface area contributed by atoms with Crippen molar-refractivity contribution in [1.82, 2.24) is 9.71 Å². The Morgan fingerprint density at radius 2 is 1.94 bits per heavy atom. The second kappa shape index (κ2) is 10.1. The minimum Gasteiger partial charge on any atom is -0.464 e. The predicted octanol–water partition coefficient (Wildman–Crippen LogP) is 6.23. The van der Waals surface area contributed by atoms with Gasteiger partial charge in [-0.05, 0) is 60.9 Å². The predicted molar refractivity (Wildman–Crippen MR) is 136 cm³/mol. The number of aromatic amines is 1. The smallest absolute Gasteiger partial charge is 0.264 e. The lowest BCUT2D eigenvalue weighted by Gasteiger charge is -2.09. The highest BCUT2D eigenvalue weighted by atomic mass is 35.5. The highest BCUT2D eigenvalue weighted by molar-refractivity contribution is 7.90. The molecule has 2 heterocycles. The fourth-order valence-corrected chi connectivity index (χ4v) is 5.36. The number of hydrogen-bond donors (Lipinski definition) is 2. The molecule has 0 aliphatic heterocycles. The van der Waals surface area contributed by atoms with Gasteiger partial charge in [0.25, 0.3) is 5.91 Å². The number of H-pyrrole nitrogens is 1. The average Bonchev–Trinajstić information content (AvgIpc) is 3.43. The molecule has 2 aromatic carbocycles. The van der Waals surface area contributed by atoms with Crippen LogP contribution in [-0.4, -0.2) is 25.1 Å². The molecule has 0 saturated heterocycles. The Morgan fingerprint density at radius 1 is 1.12 bits per heavy atom. The number of unbranched alkanes of at least 4 members (excludes halogenated alkanes) is 2. The molecule has 4 rings (SSSR count). The van der Waals surface area contributed by atoms with Crippen LogP contribution in [0.5, 0.6) is 0 Å². The van der Waals surface area contributed by atoms with E-state index in [2.05, 4.69) is 9.71 Å². The Labute approximate surface area is 204 Å². The van der Waals surface area contributed by atoms with E-state index < -0.39 is 15.9 Å². The van der Waals surface area contributed by atoms with Crippen LogP contribution in [0, 0.1) is 6.92 Å². The summed E-state index contributed by atoms with van der Waals surface area (Å²) in [6, 6.07) is 14.7. The van der Waals surface area contributed by atoms with E-state index in [-0.39, 0.29) is 5.75 Å². The largest absolute Gasteiger partial charge is 0.464 e. The number of carbonyl (C=O) groups excluding carboxylic acids is 1. The molecule has 0 unspecified atom stereocenters. The minimum absolute atomic E-state index is 0.0597. The summed E-state index contributed by atoms with van der Waals surface area (Å²) < 4.78 is 32.2. The first-order chi connectivity index (χ1) is 16.3. The van der Waals surface area contributed by atoms with Gasteiger partial charge in [-0.3, -0.25) is 4.79 Å². The van der Waals surface area contributed by atoms with Crippen LogP contribution in [0.4, 0.5) is 0 Å². The third kappa shape index (κ3) is 5.37. The van der Waals surface area contributed by atoms with E-state index in [1.54, 1.807) is 24.5 Å². The maximum Gasteiger partial charge on any atom is 0.264 e. The third-order valence-corrected chi connectivity index (χ3v) is 7.55. The highest BCUT2D eigenvalue weighted by Gasteiger charge is 2.18. The second-order valence-corrected chi connectivity index (χ2v) is 10.7. The van der Waals surface area contributed by atoms with Crippen LogP contribution in [0.15, 0.2) is 59.2 Å². The molecule has 0 bridgehead atoms. The molecule has 178 valence electrons. The maximum atomic E-state index is 12.7. The van der Waals surface area contributed by atoms with E-state index in [9.17, 15) is 13.2 Å². The van der Waals surface area contributed by atoms with Gasteiger partial charge in [0.05, 0.1) is 12.0 Å². The maximum absolute atomic E-state index is 12.7. The molecule has 34 heavy (non-hydrogen) atoms. The van der Waals surface area contributed by atoms with Crippen LogP contribution in [0.2, 0.25) is 5.02 Å². The molecule has 2 N–H and O–H groups in total. The number of rotatable bonds is 9. The van der Waals surface area contributed by atoms with E-state index in [0.717, 1.165) is 51.9 Å². The quantitative estimate of drug-likeness (QED) is 0.267. The Kier molecular flexibility index (Phi) is 7.14. The van der Waals surface area contributed by atoms with Crippen molar-refractivity contribution < 1.29 is 17.6 Å². The average molecular weight is 499 g/mol. The van der Waals surface area contributed by atoms with Gasteiger partial charge in [0.2, 0.25) is 10.0 Å². The number of carbonyl (C=O) groups is 1. The lowest BCUT2D eigenvalue weighted by atomic mass is 9.99. The number of nitrogens with one attached hydrogen (secondary N) is 2. The second-order valence-electron chi connectivity index (χ2n) is 8.41. The molecule has 8 heteroatoms. The molecular formula is C26H27ClN2O4S. The lowest BCUT2D eigenvalue weighted by Crippen LogP contribution is -2.32. The SMILES string of the molecule is CCCCCS(=O)(=O)NC(=O)c1ccc2[nH]c(C)c(Cc3ccc(-c4ccco4)cc3Cl)c2c1. The summed E-state index contributed by atoms with van der Waals surface area (Å²) in [4.78, 5) is 16.0. The van der Waals surface area contributed by atoms with Gasteiger partial charge in [-0.1, -0.05) is 43.5 Å². The number of fused-ring (bicyclic) bond motifs is 1. The van der Waals surface area contributed by atoms with E-state index in [1.165, 1.54) is 0 Å². The van der Waals surface area contributed by atoms with E-state index in [4.69, 9.17) is 16.0 Å². The number of amides is 1. The lowest BCUT2D eigenvalue weighted by molar-refractivity contribution is 0.0981. The van der Waals surface area contributed by atoms with Crippen LogP contribution >= 0.6 is 11.6 Å². The van der Waals surface area contributed by atoms with Gasteiger partial charge in [0.15, 0.2) is 0 Å². The summed E-state index contributed by atoms with van der Waals surface area (Å²) >= 11 is 6.59. The summed E-state index contributed by atoms with van der Waals surface area (Å²) in [5.74, 6) is 0.0663. The number of halogens is 1. The normalized spacial score (nSPS) is 11.7. The van der Waals surface area contributed by atoms with Crippen LogP contribution in [0.1, 0.15) is 53.4 Å². The summed E-state index contributed by atoms with van der Waals surface area (Å²) in [5, 5.41) is 1.48. The molecule has 2 aromatic heterocycles. The molecule has 1 amide bonds. The molecule has 0 fully saturated rings. The van der Waals surface area contributed by atoms with Crippen molar-refractivity contribution in [2.75, 3.05) is 5.75 Å². The number of hydrogen-bond acceptors (Lipinski definition) is 4. The molecule has 0 aliphatic carbocycles. The van der Waals surface area contributed by atoms with Crippen molar-refractivity contribution in [3.8, 4) is 11.3 Å². The molecule has 0 radical (unpaired) electrons. The van der Waals surface area contributed by atoms with Gasteiger partial charge in [-0.15, -0.1) is 0 Å². The molecule has 6 nitrogen and oxygen atoms in total. The van der Waals surface area contributed by atoms with Gasteiger partial charge in [-0.25, -0.2) is 13.1 Å². The van der Waals surface area contributed by atoms with Gasteiger partial charge < -0.3 is 9.40 Å². The summed E-state index contributed by atoms with van der Waals surface area (Å²) in [6.07, 6.45) is 4.42. The number of sulfonamides is 1. The van der Waals surface area contributed by atoms with Crippen LogP contribution in [0.25, 0.3) is 22.2 Å². The molecule has 0 aliphatic rings. The first-order valence-corrected chi connectivity index (χ1v) is 13.3. The van der Waals surface area contributed by atoms with Crippen molar-refractivity contribution >= 4 is 38.4 Å². The standard InChI is InChI=1S/C26H27ClN2O4S/c1-3-4-5-13-34(31,32)29-26(30)20-10-11-24-22(15-20)21(17(2)28-24)14-18-8-9-19(16-23(18)27)25-7-6-12-33-25/h6-12,15-16,28H,3-5,13-14H2,1-2H3,(H,29,30). The summed E-state index contributed by atoms with van der Waals surface area (Å²) in [6.45, 7) is 3.97. The number of furan rings is 1.